The van der Waals surface area contributed by atoms with Crippen LogP contribution >= 0.6 is 0 Å². The molecule has 0 saturated heterocycles. The molecule has 6 nitrogen and oxygen atoms in total. The third-order valence-electron chi connectivity index (χ3n) is 2.25. The summed E-state index contributed by atoms with van der Waals surface area (Å²) in [6, 6.07) is 0. The number of nitrogen functional groups attached to an aromatic ring is 1. The van der Waals surface area contributed by atoms with Crippen LogP contribution in [0, 0.1) is 13.8 Å². The molecule has 0 aliphatic heterocycles. The Morgan fingerprint density at radius 3 is 2.53 bits per heavy atom. The number of hydrogen-bond donors (Lipinski definition) is 1. The van der Waals surface area contributed by atoms with Gasteiger partial charge < -0.3 is 5.73 Å². The Morgan fingerprint density at radius 1 is 1.33 bits per heavy atom. The van der Waals surface area contributed by atoms with E-state index in [-0.39, 0.29) is 0 Å². The molecule has 0 fully saturated rings. The van der Waals surface area contributed by atoms with Crippen molar-refractivity contribution in [2.75, 3.05) is 5.73 Å². The van der Waals surface area contributed by atoms with Gasteiger partial charge in [0.1, 0.15) is 24.0 Å². The molecule has 2 aromatic heterocycles. The second-order valence-corrected chi connectivity index (χ2v) is 3.59. The zero-order chi connectivity index (χ0) is 11.0. The average Bonchev–Trinajstić information content (AvgIpc) is 2.59. The number of anilines is 1. The van der Waals surface area contributed by atoms with Crippen LogP contribution in [0.4, 0.5) is 5.82 Å². The van der Waals surface area contributed by atoms with E-state index in [0.29, 0.717) is 12.4 Å². The zero-order valence-corrected chi connectivity index (χ0v) is 9.10. The van der Waals surface area contributed by atoms with E-state index in [0.717, 1.165) is 17.2 Å². The minimum Gasteiger partial charge on any atom is -0.382 e. The Balaban J connectivity index is 2.25. The van der Waals surface area contributed by atoms with Gasteiger partial charge in [-0.15, -0.1) is 0 Å². The Hall–Kier alpha value is -1.85. The molecule has 0 aromatic carbocycles. The first kappa shape index (κ1) is 9.70. The third-order valence-corrected chi connectivity index (χ3v) is 2.25. The first-order valence-electron chi connectivity index (χ1n) is 4.72. The summed E-state index contributed by atoms with van der Waals surface area (Å²) < 4.78 is 3.52. The SMILES string of the molecule is Cc1nc(Cn2cc(C)c(N)n2)n(C)n1. The summed E-state index contributed by atoms with van der Waals surface area (Å²) in [4.78, 5) is 4.29. The van der Waals surface area contributed by atoms with Gasteiger partial charge in [0, 0.05) is 18.8 Å². The lowest BCUT2D eigenvalue weighted by Gasteiger charge is -1.99. The molecule has 0 saturated carbocycles. The maximum Gasteiger partial charge on any atom is 0.148 e. The smallest absolute Gasteiger partial charge is 0.148 e. The van der Waals surface area contributed by atoms with Gasteiger partial charge in [-0.3, -0.25) is 9.36 Å². The highest BCUT2D eigenvalue weighted by Gasteiger charge is 2.06. The van der Waals surface area contributed by atoms with Gasteiger partial charge in [-0.2, -0.15) is 10.2 Å². The monoisotopic (exact) mass is 206 g/mol. The molecule has 0 aliphatic rings. The topological polar surface area (TPSA) is 74.6 Å². The Labute approximate surface area is 87.7 Å². The van der Waals surface area contributed by atoms with E-state index >= 15 is 0 Å². The quantitative estimate of drug-likeness (QED) is 0.764. The fourth-order valence-electron chi connectivity index (χ4n) is 1.46. The molecule has 6 heteroatoms. The molecule has 80 valence electrons. The van der Waals surface area contributed by atoms with Gasteiger partial charge in [0.2, 0.25) is 0 Å². The standard InChI is InChI=1S/C9H14N6/c1-6-4-15(13-9(6)10)5-8-11-7(2)12-14(8)3/h4H,5H2,1-3H3,(H2,10,13). The van der Waals surface area contributed by atoms with Gasteiger partial charge in [-0.25, -0.2) is 4.98 Å². The Kier molecular flexibility index (Phi) is 2.18. The summed E-state index contributed by atoms with van der Waals surface area (Å²) in [6.45, 7) is 4.39. The van der Waals surface area contributed by atoms with E-state index in [1.165, 1.54) is 0 Å². The van der Waals surface area contributed by atoms with E-state index in [9.17, 15) is 0 Å². The van der Waals surface area contributed by atoms with Crippen LogP contribution in [0.3, 0.4) is 0 Å². The minimum absolute atomic E-state index is 0.564. The maximum absolute atomic E-state index is 5.66. The molecule has 0 unspecified atom stereocenters. The average molecular weight is 206 g/mol. The molecular weight excluding hydrogens is 192 g/mol. The van der Waals surface area contributed by atoms with Crippen LogP contribution in [-0.2, 0) is 13.6 Å². The summed E-state index contributed by atoms with van der Waals surface area (Å²) in [5.74, 6) is 2.20. The van der Waals surface area contributed by atoms with Crippen molar-refractivity contribution in [1.29, 1.82) is 0 Å². The van der Waals surface area contributed by atoms with Crippen molar-refractivity contribution in [1.82, 2.24) is 24.5 Å². The van der Waals surface area contributed by atoms with E-state index in [2.05, 4.69) is 15.2 Å². The summed E-state index contributed by atoms with van der Waals surface area (Å²) in [5, 5.41) is 8.34. The van der Waals surface area contributed by atoms with E-state index in [4.69, 9.17) is 5.73 Å². The van der Waals surface area contributed by atoms with E-state index < -0.39 is 0 Å². The van der Waals surface area contributed by atoms with Crippen LogP contribution < -0.4 is 5.73 Å². The Morgan fingerprint density at radius 2 is 2.07 bits per heavy atom. The third kappa shape index (κ3) is 1.83. The van der Waals surface area contributed by atoms with Crippen LogP contribution in [0.25, 0.3) is 0 Å². The number of nitrogens with two attached hydrogens (primary N) is 1. The van der Waals surface area contributed by atoms with E-state index in [1.54, 1.807) is 9.36 Å². The van der Waals surface area contributed by atoms with Crippen LogP contribution in [0.1, 0.15) is 17.2 Å². The molecule has 2 aromatic rings. The fraction of sp³-hybridized carbons (Fsp3) is 0.444. The lowest BCUT2D eigenvalue weighted by molar-refractivity contribution is 0.609. The molecule has 2 N–H and O–H groups in total. The molecular formula is C9H14N6. The van der Waals surface area contributed by atoms with Gasteiger partial charge in [0.15, 0.2) is 0 Å². The number of hydrogen-bond acceptors (Lipinski definition) is 4. The number of rotatable bonds is 2. The first-order chi connectivity index (χ1) is 7.06. The predicted molar refractivity (Wildman–Crippen MR) is 56.2 cm³/mol. The van der Waals surface area contributed by atoms with Crippen molar-refractivity contribution in [2.24, 2.45) is 7.05 Å². The predicted octanol–water partition coefficient (Wildman–Crippen LogP) is 0.259. The van der Waals surface area contributed by atoms with Crippen LogP contribution in [0.15, 0.2) is 6.20 Å². The summed E-state index contributed by atoms with van der Waals surface area (Å²) >= 11 is 0. The molecule has 0 radical (unpaired) electrons. The molecule has 0 amide bonds. The largest absolute Gasteiger partial charge is 0.382 e. The highest BCUT2D eigenvalue weighted by atomic mass is 15.4. The normalized spacial score (nSPS) is 10.9. The van der Waals surface area contributed by atoms with Crippen molar-refractivity contribution in [3.8, 4) is 0 Å². The van der Waals surface area contributed by atoms with Crippen LogP contribution in [-0.4, -0.2) is 24.5 Å². The van der Waals surface area contributed by atoms with Crippen molar-refractivity contribution in [3.63, 3.8) is 0 Å². The molecule has 15 heavy (non-hydrogen) atoms. The first-order valence-corrected chi connectivity index (χ1v) is 4.72. The number of aromatic nitrogens is 5. The second-order valence-electron chi connectivity index (χ2n) is 3.59. The van der Waals surface area contributed by atoms with Gasteiger partial charge in [-0.1, -0.05) is 0 Å². The minimum atomic E-state index is 0.564. The Bertz CT molecular complexity index is 461. The summed E-state index contributed by atoms with van der Waals surface area (Å²) in [7, 11) is 1.87. The van der Waals surface area contributed by atoms with Gasteiger partial charge >= 0.3 is 0 Å². The van der Waals surface area contributed by atoms with Crippen molar-refractivity contribution in [3.05, 3.63) is 23.4 Å². The van der Waals surface area contributed by atoms with Crippen LogP contribution in [0.5, 0.6) is 0 Å². The van der Waals surface area contributed by atoms with Gasteiger partial charge in [-0.05, 0) is 13.8 Å². The lowest BCUT2D eigenvalue weighted by atomic mass is 10.4. The fourth-order valence-corrected chi connectivity index (χ4v) is 1.46. The van der Waals surface area contributed by atoms with E-state index in [1.807, 2.05) is 27.1 Å². The molecule has 2 rings (SSSR count). The van der Waals surface area contributed by atoms with Gasteiger partial charge in [0.25, 0.3) is 0 Å². The molecule has 2 heterocycles. The summed E-state index contributed by atoms with van der Waals surface area (Å²) in [5.41, 5.74) is 6.64. The summed E-state index contributed by atoms with van der Waals surface area (Å²) in [6.07, 6.45) is 1.90. The second kappa shape index (κ2) is 3.38. The van der Waals surface area contributed by atoms with Gasteiger partial charge in [0.05, 0.1) is 0 Å². The molecule has 0 spiro atoms. The number of aryl methyl sites for hydroxylation is 3. The van der Waals surface area contributed by atoms with Crippen molar-refractivity contribution < 1.29 is 0 Å². The maximum atomic E-state index is 5.66. The zero-order valence-electron chi connectivity index (χ0n) is 9.10. The highest BCUT2D eigenvalue weighted by Crippen LogP contribution is 2.07. The molecule has 0 bridgehead atoms. The van der Waals surface area contributed by atoms with Crippen molar-refractivity contribution >= 4 is 5.82 Å². The van der Waals surface area contributed by atoms with Crippen LogP contribution in [0.2, 0.25) is 0 Å². The molecule has 0 aliphatic carbocycles. The highest BCUT2D eigenvalue weighted by molar-refractivity contribution is 5.35. The molecule has 0 atom stereocenters. The van der Waals surface area contributed by atoms with Crippen molar-refractivity contribution in [2.45, 2.75) is 20.4 Å². The number of nitrogens with zero attached hydrogens (tertiary/aromatic N) is 5. The lowest BCUT2D eigenvalue weighted by Crippen LogP contribution is -2.07.